The topological polar surface area (TPSA) is 29.6 Å². The summed E-state index contributed by atoms with van der Waals surface area (Å²) in [6, 6.07) is 14.8. The van der Waals surface area contributed by atoms with Crippen LogP contribution in [0.4, 0.5) is 0 Å². The number of quaternary nitrogens is 1. The molecule has 1 heterocycles. The van der Waals surface area contributed by atoms with E-state index in [0.29, 0.717) is 0 Å². The van der Waals surface area contributed by atoms with Crippen molar-refractivity contribution in [1.29, 1.82) is 0 Å². The molecule has 0 aliphatic carbocycles. The predicted octanol–water partition coefficient (Wildman–Crippen LogP) is 1.88. The van der Waals surface area contributed by atoms with Crippen molar-refractivity contribution in [2.45, 2.75) is 32.5 Å². The third kappa shape index (κ3) is 4.86. The van der Waals surface area contributed by atoms with E-state index in [0.717, 1.165) is 32.6 Å². The maximum Gasteiger partial charge on any atom is 0.118 e. The summed E-state index contributed by atoms with van der Waals surface area (Å²) >= 11 is 0. The molecular weight excluding hydrogens is 272 g/mol. The zero-order chi connectivity index (χ0) is 15.8. The average Bonchev–Trinajstić information content (AvgIpc) is 2.95. The van der Waals surface area contributed by atoms with Gasteiger partial charge < -0.3 is 14.6 Å². The fraction of sp³-hybridized carbons (Fsp3) is 0.368. The highest BCUT2D eigenvalue weighted by Crippen LogP contribution is 2.07. The van der Waals surface area contributed by atoms with Gasteiger partial charge in [-0.15, -0.1) is 0 Å². The molecule has 1 aromatic carbocycles. The molecule has 2 rings (SSSR count). The van der Waals surface area contributed by atoms with Gasteiger partial charge in [0.05, 0.1) is 12.2 Å². The van der Waals surface area contributed by atoms with Gasteiger partial charge in [0.2, 0.25) is 0 Å². The molecule has 3 heteroatoms. The van der Waals surface area contributed by atoms with E-state index in [1.807, 2.05) is 19.1 Å². The van der Waals surface area contributed by atoms with Crippen molar-refractivity contribution in [2.24, 2.45) is 0 Å². The number of aliphatic hydroxyl groups is 1. The van der Waals surface area contributed by atoms with Crippen LogP contribution in [0.5, 0.6) is 0 Å². The number of nitrogens with one attached hydrogen (secondary N) is 1. The first-order valence-corrected chi connectivity index (χ1v) is 8.03. The maximum atomic E-state index is 9.93. The number of rotatable bonds is 9. The quantitative estimate of drug-likeness (QED) is 0.680. The van der Waals surface area contributed by atoms with Crippen LogP contribution in [0, 0.1) is 0 Å². The van der Waals surface area contributed by atoms with Gasteiger partial charge in [0.15, 0.2) is 0 Å². The van der Waals surface area contributed by atoms with E-state index in [9.17, 15) is 5.11 Å². The van der Waals surface area contributed by atoms with Crippen LogP contribution in [-0.4, -0.2) is 28.9 Å². The molecule has 0 fully saturated rings. The highest BCUT2D eigenvalue weighted by Gasteiger charge is 2.15. The molecule has 0 aliphatic heterocycles. The minimum atomic E-state index is -0.243. The molecule has 3 nitrogen and oxygen atoms in total. The highest BCUT2D eigenvalue weighted by atomic mass is 16.3. The molecular formula is C19H27N2O+. The Hall–Kier alpha value is -1.84. The molecule has 2 aromatic rings. The normalized spacial score (nSPS) is 13.7. The van der Waals surface area contributed by atoms with Crippen LogP contribution < -0.4 is 4.90 Å². The zero-order valence-corrected chi connectivity index (χ0v) is 13.4. The van der Waals surface area contributed by atoms with Crippen molar-refractivity contribution in [3.63, 3.8) is 0 Å². The third-order valence-electron chi connectivity index (χ3n) is 3.98. The summed E-state index contributed by atoms with van der Waals surface area (Å²) in [5.74, 6) is 0. The lowest BCUT2D eigenvalue weighted by molar-refractivity contribution is -0.911. The Bertz CT molecular complexity index is 562. The molecule has 0 saturated heterocycles. The fourth-order valence-corrected chi connectivity index (χ4v) is 2.71. The lowest BCUT2D eigenvalue weighted by Gasteiger charge is -2.21. The number of hydrogen-bond acceptors (Lipinski definition) is 1. The second-order valence-corrected chi connectivity index (χ2v) is 5.80. The Kier molecular flexibility index (Phi) is 6.44. The molecule has 1 aromatic heterocycles. The van der Waals surface area contributed by atoms with Gasteiger partial charge in [0.1, 0.15) is 19.2 Å². The van der Waals surface area contributed by atoms with Crippen LogP contribution in [0.2, 0.25) is 0 Å². The van der Waals surface area contributed by atoms with E-state index in [4.69, 9.17) is 0 Å². The summed E-state index contributed by atoms with van der Waals surface area (Å²) < 4.78 is 2.29. The largest absolute Gasteiger partial charge is 0.387 e. The molecule has 2 N–H and O–H groups in total. The first kappa shape index (κ1) is 16.5. The van der Waals surface area contributed by atoms with E-state index in [1.54, 1.807) is 0 Å². The molecule has 118 valence electrons. The summed E-state index contributed by atoms with van der Waals surface area (Å²) in [5, 5.41) is 9.93. The molecule has 0 amide bonds. The number of aliphatic hydroxyl groups excluding tert-OH is 1. The first-order valence-electron chi connectivity index (χ1n) is 8.03. The van der Waals surface area contributed by atoms with E-state index >= 15 is 0 Å². The van der Waals surface area contributed by atoms with E-state index in [1.165, 1.54) is 16.2 Å². The SMILES string of the molecule is C=CC[NH+](Cc1cccn1Cc1ccccc1)C[C@H](O)CC. The predicted molar refractivity (Wildman–Crippen MR) is 90.9 cm³/mol. The summed E-state index contributed by atoms with van der Waals surface area (Å²) in [5.41, 5.74) is 2.60. The average molecular weight is 299 g/mol. The zero-order valence-electron chi connectivity index (χ0n) is 13.4. The summed E-state index contributed by atoms with van der Waals surface area (Å²) in [6.45, 7) is 9.29. The van der Waals surface area contributed by atoms with Crippen molar-refractivity contribution in [1.82, 2.24) is 4.57 Å². The lowest BCUT2D eigenvalue weighted by atomic mass is 10.2. The molecule has 0 saturated carbocycles. The van der Waals surface area contributed by atoms with Crippen LogP contribution in [0.1, 0.15) is 24.6 Å². The van der Waals surface area contributed by atoms with E-state index in [-0.39, 0.29) is 6.10 Å². The van der Waals surface area contributed by atoms with Crippen molar-refractivity contribution in [3.8, 4) is 0 Å². The Labute approximate surface area is 133 Å². The van der Waals surface area contributed by atoms with Gasteiger partial charge in [-0.05, 0) is 30.2 Å². The molecule has 0 aliphatic rings. The van der Waals surface area contributed by atoms with Gasteiger partial charge in [0.25, 0.3) is 0 Å². The second kappa shape index (κ2) is 8.57. The Morgan fingerprint density at radius 1 is 1.23 bits per heavy atom. The van der Waals surface area contributed by atoms with Crippen LogP contribution in [-0.2, 0) is 13.1 Å². The highest BCUT2D eigenvalue weighted by molar-refractivity contribution is 5.17. The minimum Gasteiger partial charge on any atom is -0.387 e. The van der Waals surface area contributed by atoms with Crippen molar-refractivity contribution < 1.29 is 10.0 Å². The molecule has 22 heavy (non-hydrogen) atoms. The Morgan fingerprint density at radius 3 is 2.68 bits per heavy atom. The van der Waals surface area contributed by atoms with E-state index < -0.39 is 0 Å². The van der Waals surface area contributed by atoms with Crippen molar-refractivity contribution in [3.05, 3.63) is 72.6 Å². The molecule has 1 unspecified atom stereocenters. The fourth-order valence-electron chi connectivity index (χ4n) is 2.71. The standard InChI is InChI=1S/C19H26N2O/c1-3-12-20(16-19(22)4-2)15-18-11-8-13-21(18)14-17-9-6-5-7-10-17/h3,5-11,13,19,22H,1,4,12,14-16H2,2H3/p+1/t19-/m1/s1. The Morgan fingerprint density at radius 2 is 2.00 bits per heavy atom. The number of hydrogen-bond donors (Lipinski definition) is 2. The van der Waals surface area contributed by atoms with Gasteiger partial charge in [0, 0.05) is 12.7 Å². The van der Waals surface area contributed by atoms with Gasteiger partial charge in [-0.2, -0.15) is 0 Å². The van der Waals surface area contributed by atoms with Crippen LogP contribution >= 0.6 is 0 Å². The summed E-state index contributed by atoms with van der Waals surface area (Å²) in [7, 11) is 0. The van der Waals surface area contributed by atoms with Crippen molar-refractivity contribution >= 4 is 0 Å². The number of benzene rings is 1. The smallest absolute Gasteiger partial charge is 0.118 e. The number of nitrogens with zero attached hydrogens (tertiary/aromatic N) is 1. The van der Waals surface area contributed by atoms with Gasteiger partial charge in [-0.1, -0.05) is 43.8 Å². The summed E-state index contributed by atoms with van der Waals surface area (Å²) in [6.07, 6.45) is 4.62. The van der Waals surface area contributed by atoms with Gasteiger partial charge >= 0.3 is 0 Å². The third-order valence-corrected chi connectivity index (χ3v) is 3.98. The van der Waals surface area contributed by atoms with Crippen LogP contribution in [0.15, 0.2) is 61.3 Å². The van der Waals surface area contributed by atoms with Gasteiger partial charge in [-0.3, -0.25) is 0 Å². The maximum absolute atomic E-state index is 9.93. The minimum absolute atomic E-state index is 0.243. The second-order valence-electron chi connectivity index (χ2n) is 5.80. The van der Waals surface area contributed by atoms with Crippen LogP contribution in [0.3, 0.4) is 0 Å². The molecule has 2 atom stereocenters. The molecule has 0 spiro atoms. The monoisotopic (exact) mass is 299 g/mol. The molecule has 0 bridgehead atoms. The van der Waals surface area contributed by atoms with Crippen molar-refractivity contribution in [2.75, 3.05) is 13.1 Å². The first-order chi connectivity index (χ1) is 10.7. The summed E-state index contributed by atoms with van der Waals surface area (Å²) in [4.78, 5) is 1.34. The number of aromatic nitrogens is 1. The van der Waals surface area contributed by atoms with E-state index in [2.05, 4.69) is 53.7 Å². The Balaban J connectivity index is 2.05. The van der Waals surface area contributed by atoms with Gasteiger partial charge in [-0.25, -0.2) is 0 Å². The van der Waals surface area contributed by atoms with Crippen LogP contribution in [0.25, 0.3) is 0 Å². The molecule has 0 radical (unpaired) electrons. The lowest BCUT2D eigenvalue weighted by Crippen LogP contribution is -3.11.